The van der Waals surface area contributed by atoms with Gasteiger partial charge in [-0.3, -0.25) is 0 Å². The molecule has 90 valence electrons. The van der Waals surface area contributed by atoms with E-state index in [0.29, 0.717) is 0 Å². The third-order valence-corrected chi connectivity index (χ3v) is 3.84. The summed E-state index contributed by atoms with van der Waals surface area (Å²) in [7, 11) is 0. The molecule has 0 radical (unpaired) electrons. The second-order valence-corrected chi connectivity index (χ2v) is 5.59. The van der Waals surface area contributed by atoms with Gasteiger partial charge in [0.2, 0.25) is 0 Å². The van der Waals surface area contributed by atoms with Crippen molar-refractivity contribution in [3.8, 4) is 0 Å². The molecular formula is C14H11ClN2S. The minimum absolute atomic E-state index is 0.717. The van der Waals surface area contributed by atoms with Crippen LogP contribution >= 0.6 is 22.9 Å². The predicted octanol–water partition coefficient (Wildman–Crippen LogP) is 5.00. The van der Waals surface area contributed by atoms with E-state index in [-0.39, 0.29) is 0 Å². The minimum Gasteiger partial charge on any atom is -0.332 e. The minimum atomic E-state index is 0.717. The molecule has 0 spiro atoms. The average Bonchev–Trinajstić information content (AvgIpc) is 2.73. The van der Waals surface area contributed by atoms with E-state index in [9.17, 15) is 0 Å². The number of hydrogen-bond acceptors (Lipinski definition) is 3. The fourth-order valence-corrected chi connectivity index (χ4v) is 2.75. The largest absolute Gasteiger partial charge is 0.332 e. The molecule has 4 heteroatoms. The van der Waals surface area contributed by atoms with Crippen molar-refractivity contribution in [2.45, 2.75) is 6.92 Å². The monoisotopic (exact) mass is 274 g/mol. The maximum absolute atomic E-state index is 5.95. The highest BCUT2D eigenvalue weighted by Gasteiger charge is 2.04. The number of nitrogens with zero attached hydrogens (tertiary/aromatic N) is 1. The van der Waals surface area contributed by atoms with E-state index < -0.39 is 0 Å². The van der Waals surface area contributed by atoms with Crippen molar-refractivity contribution < 1.29 is 0 Å². The molecule has 1 N–H and O–H groups in total. The van der Waals surface area contributed by atoms with Gasteiger partial charge in [-0.15, -0.1) is 0 Å². The summed E-state index contributed by atoms with van der Waals surface area (Å²) in [4.78, 5) is 4.51. The molecule has 0 aliphatic rings. The highest BCUT2D eigenvalue weighted by molar-refractivity contribution is 7.22. The maximum Gasteiger partial charge on any atom is 0.188 e. The molecule has 0 bridgehead atoms. The highest BCUT2D eigenvalue weighted by Crippen LogP contribution is 2.29. The fraction of sp³-hybridized carbons (Fsp3) is 0.0714. The Morgan fingerprint density at radius 3 is 2.67 bits per heavy atom. The Labute approximate surface area is 114 Å². The van der Waals surface area contributed by atoms with Crippen molar-refractivity contribution in [1.82, 2.24) is 4.98 Å². The number of thiazole rings is 1. The molecule has 0 amide bonds. The molecule has 3 rings (SSSR count). The smallest absolute Gasteiger partial charge is 0.188 e. The summed E-state index contributed by atoms with van der Waals surface area (Å²) < 4.78 is 1.13. The third-order valence-electron chi connectivity index (χ3n) is 2.65. The Bertz CT molecular complexity index is 689. The van der Waals surface area contributed by atoms with Crippen LogP contribution in [0.25, 0.3) is 10.2 Å². The Hall–Kier alpha value is -1.58. The number of nitrogens with one attached hydrogen (secondary N) is 1. The molecule has 3 aromatic rings. The number of benzene rings is 2. The fourth-order valence-electron chi connectivity index (χ4n) is 1.71. The van der Waals surface area contributed by atoms with Crippen molar-refractivity contribution in [3.63, 3.8) is 0 Å². The van der Waals surface area contributed by atoms with E-state index >= 15 is 0 Å². The van der Waals surface area contributed by atoms with Gasteiger partial charge >= 0.3 is 0 Å². The second kappa shape index (κ2) is 4.59. The molecule has 0 unspecified atom stereocenters. The van der Waals surface area contributed by atoms with E-state index in [0.717, 1.165) is 26.1 Å². The van der Waals surface area contributed by atoms with E-state index in [1.165, 1.54) is 5.56 Å². The molecule has 2 aromatic carbocycles. The SMILES string of the molecule is Cc1ccc(Nc2nc3cc(Cl)ccc3s2)cc1. The molecule has 1 heterocycles. The first-order valence-electron chi connectivity index (χ1n) is 5.60. The lowest BCUT2D eigenvalue weighted by molar-refractivity contribution is 1.42. The molecule has 0 atom stereocenters. The molecule has 0 fully saturated rings. The Morgan fingerprint density at radius 2 is 1.89 bits per heavy atom. The zero-order valence-electron chi connectivity index (χ0n) is 9.77. The van der Waals surface area contributed by atoms with Crippen LogP contribution in [0.1, 0.15) is 5.56 Å². The summed E-state index contributed by atoms with van der Waals surface area (Å²) in [6.07, 6.45) is 0. The van der Waals surface area contributed by atoms with Gasteiger partial charge in [-0.05, 0) is 37.3 Å². The Kier molecular flexibility index (Phi) is 2.94. The van der Waals surface area contributed by atoms with Gasteiger partial charge in [-0.1, -0.05) is 40.6 Å². The summed E-state index contributed by atoms with van der Waals surface area (Å²) >= 11 is 7.57. The quantitative estimate of drug-likeness (QED) is 0.711. The Morgan fingerprint density at radius 1 is 1.11 bits per heavy atom. The topological polar surface area (TPSA) is 24.9 Å². The summed E-state index contributed by atoms with van der Waals surface area (Å²) in [5.74, 6) is 0. The normalized spacial score (nSPS) is 10.8. The number of anilines is 2. The van der Waals surface area contributed by atoms with Crippen LogP contribution in [0, 0.1) is 6.92 Å². The van der Waals surface area contributed by atoms with Crippen LogP contribution in [0.15, 0.2) is 42.5 Å². The first kappa shape index (κ1) is 11.5. The molecular weight excluding hydrogens is 264 g/mol. The van der Waals surface area contributed by atoms with Gasteiger partial charge in [-0.2, -0.15) is 0 Å². The van der Waals surface area contributed by atoms with Gasteiger partial charge in [0.05, 0.1) is 10.2 Å². The van der Waals surface area contributed by atoms with E-state index in [2.05, 4.69) is 29.4 Å². The van der Waals surface area contributed by atoms with Gasteiger partial charge in [0.1, 0.15) is 0 Å². The molecule has 1 aromatic heterocycles. The number of aryl methyl sites for hydroxylation is 1. The van der Waals surface area contributed by atoms with Gasteiger partial charge in [0.15, 0.2) is 5.13 Å². The van der Waals surface area contributed by atoms with Crippen LogP contribution < -0.4 is 5.32 Å². The van der Waals surface area contributed by atoms with Crippen LogP contribution in [0.4, 0.5) is 10.8 Å². The molecule has 18 heavy (non-hydrogen) atoms. The third kappa shape index (κ3) is 2.33. The summed E-state index contributed by atoms with van der Waals surface area (Å²) in [5, 5.41) is 4.91. The zero-order valence-corrected chi connectivity index (χ0v) is 11.3. The van der Waals surface area contributed by atoms with Crippen LogP contribution in [-0.2, 0) is 0 Å². The molecule has 0 aliphatic carbocycles. The van der Waals surface area contributed by atoms with Gasteiger partial charge in [-0.25, -0.2) is 4.98 Å². The summed E-state index contributed by atoms with van der Waals surface area (Å²) in [5.41, 5.74) is 3.23. The summed E-state index contributed by atoms with van der Waals surface area (Å²) in [6, 6.07) is 14.0. The number of aromatic nitrogens is 1. The molecule has 0 saturated heterocycles. The summed E-state index contributed by atoms with van der Waals surface area (Å²) in [6.45, 7) is 2.07. The van der Waals surface area contributed by atoms with E-state index in [1.54, 1.807) is 11.3 Å². The molecule has 2 nitrogen and oxygen atoms in total. The van der Waals surface area contributed by atoms with Crippen LogP contribution in [-0.4, -0.2) is 4.98 Å². The molecule has 0 aliphatic heterocycles. The van der Waals surface area contributed by atoms with Crippen LogP contribution in [0.5, 0.6) is 0 Å². The number of rotatable bonds is 2. The van der Waals surface area contributed by atoms with Crippen molar-refractivity contribution in [2.75, 3.05) is 5.32 Å². The van der Waals surface area contributed by atoms with Crippen molar-refractivity contribution in [1.29, 1.82) is 0 Å². The van der Waals surface area contributed by atoms with Gasteiger partial charge in [0.25, 0.3) is 0 Å². The van der Waals surface area contributed by atoms with Crippen molar-refractivity contribution >= 4 is 44.0 Å². The first-order chi connectivity index (χ1) is 8.70. The zero-order chi connectivity index (χ0) is 12.5. The predicted molar refractivity (Wildman–Crippen MR) is 79.1 cm³/mol. The number of halogens is 1. The van der Waals surface area contributed by atoms with Crippen molar-refractivity contribution in [3.05, 3.63) is 53.1 Å². The number of hydrogen-bond donors (Lipinski definition) is 1. The first-order valence-corrected chi connectivity index (χ1v) is 6.80. The van der Waals surface area contributed by atoms with Gasteiger partial charge < -0.3 is 5.32 Å². The maximum atomic E-state index is 5.95. The lowest BCUT2D eigenvalue weighted by Crippen LogP contribution is -1.88. The molecule has 0 saturated carbocycles. The van der Waals surface area contributed by atoms with Crippen LogP contribution in [0.2, 0.25) is 5.02 Å². The Balaban J connectivity index is 1.92. The lowest BCUT2D eigenvalue weighted by atomic mass is 10.2. The van der Waals surface area contributed by atoms with E-state index in [4.69, 9.17) is 11.6 Å². The second-order valence-electron chi connectivity index (χ2n) is 4.12. The van der Waals surface area contributed by atoms with Gasteiger partial charge in [0, 0.05) is 10.7 Å². The lowest BCUT2D eigenvalue weighted by Gasteiger charge is -2.01. The van der Waals surface area contributed by atoms with E-state index in [1.807, 2.05) is 30.3 Å². The highest BCUT2D eigenvalue weighted by atomic mass is 35.5. The van der Waals surface area contributed by atoms with Crippen LogP contribution in [0.3, 0.4) is 0 Å². The average molecular weight is 275 g/mol. The number of fused-ring (bicyclic) bond motifs is 1. The standard InChI is InChI=1S/C14H11ClN2S/c1-9-2-5-11(6-3-9)16-14-17-12-8-10(15)4-7-13(12)18-14/h2-8H,1H3,(H,16,17). The van der Waals surface area contributed by atoms with Crippen molar-refractivity contribution in [2.24, 2.45) is 0 Å².